The van der Waals surface area contributed by atoms with Gasteiger partial charge in [0.2, 0.25) is 5.91 Å². The number of benzene rings is 3. The van der Waals surface area contributed by atoms with Gasteiger partial charge in [0.25, 0.3) is 0 Å². The zero-order chi connectivity index (χ0) is 21.6. The molecule has 0 spiro atoms. The molecule has 1 aliphatic rings. The van der Waals surface area contributed by atoms with E-state index in [1.54, 1.807) is 23.2 Å². The van der Waals surface area contributed by atoms with Crippen molar-refractivity contribution in [2.45, 2.75) is 38.0 Å². The number of hydrogen-bond donors (Lipinski definition) is 0. The Kier molecular flexibility index (Phi) is 6.77. The summed E-state index contributed by atoms with van der Waals surface area (Å²) in [6, 6.07) is 20.4. The van der Waals surface area contributed by atoms with Gasteiger partial charge in [0.1, 0.15) is 5.82 Å². The van der Waals surface area contributed by atoms with Gasteiger partial charge in [-0.1, -0.05) is 86.1 Å². The molecule has 6 heteroatoms. The molecule has 0 saturated carbocycles. The molecule has 31 heavy (non-hydrogen) atoms. The van der Waals surface area contributed by atoms with E-state index < -0.39 is 0 Å². The predicted octanol–water partition coefficient (Wildman–Crippen LogP) is 6.00. The molecule has 0 aromatic heterocycles. The summed E-state index contributed by atoms with van der Waals surface area (Å²) < 4.78 is 13.3. The average molecular weight is 434 g/mol. The molecule has 1 aliphatic heterocycles. The Hall–Kier alpha value is -2.99. The fourth-order valence-electron chi connectivity index (χ4n) is 3.58. The lowest BCUT2D eigenvalue weighted by Gasteiger charge is -2.16. The van der Waals surface area contributed by atoms with E-state index in [4.69, 9.17) is 0 Å². The second-order valence-electron chi connectivity index (χ2n) is 7.50. The first kappa shape index (κ1) is 21.2. The zero-order valence-electron chi connectivity index (χ0n) is 17.4. The van der Waals surface area contributed by atoms with Crippen LogP contribution in [0.15, 0.2) is 76.9 Å². The molecule has 1 fully saturated rings. The van der Waals surface area contributed by atoms with Gasteiger partial charge >= 0.3 is 0 Å². The lowest BCUT2D eigenvalue weighted by Crippen LogP contribution is -2.31. The van der Waals surface area contributed by atoms with Crippen LogP contribution in [0.3, 0.4) is 0 Å². The summed E-state index contributed by atoms with van der Waals surface area (Å²) in [6.45, 7) is 2.47. The zero-order valence-corrected chi connectivity index (χ0v) is 18.2. The molecule has 1 amide bonds. The minimum atomic E-state index is -0.291. The molecular weight excluding hydrogens is 409 g/mol. The highest BCUT2D eigenvalue weighted by atomic mass is 32.2. The molecule has 0 radical (unpaired) electrons. The highest BCUT2D eigenvalue weighted by molar-refractivity contribution is 8.15. The molecule has 1 atom stereocenters. The van der Waals surface area contributed by atoms with Crippen molar-refractivity contribution in [2.75, 3.05) is 0 Å². The van der Waals surface area contributed by atoms with Gasteiger partial charge in [0.15, 0.2) is 5.17 Å². The van der Waals surface area contributed by atoms with Crippen molar-refractivity contribution in [3.63, 3.8) is 0 Å². The van der Waals surface area contributed by atoms with E-state index in [0.717, 1.165) is 41.2 Å². The second kappa shape index (κ2) is 9.88. The van der Waals surface area contributed by atoms with Crippen LogP contribution in [0.25, 0.3) is 10.8 Å². The summed E-state index contributed by atoms with van der Waals surface area (Å²) in [7, 11) is 0. The van der Waals surface area contributed by atoms with Gasteiger partial charge in [-0.2, -0.15) is 5.10 Å². The highest BCUT2D eigenvalue weighted by Crippen LogP contribution is 2.32. The van der Waals surface area contributed by atoms with Crippen LogP contribution in [0.1, 0.15) is 37.3 Å². The van der Waals surface area contributed by atoms with E-state index in [-0.39, 0.29) is 17.0 Å². The molecule has 0 aliphatic carbocycles. The number of thioether (sulfide) groups is 1. The van der Waals surface area contributed by atoms with Crippen molar-refractivity contribution >= 4 is 39.8 Å². The average Bonchev–Trinajstić information content (AvgIpc) is 3.08. The Labute approximate surface area is 185 Å². The minimum Gasteiger partial charge on any atom is -0.284 e. The molecule has 1 unspecified atom stereocenters. The monoisotopic (exact) mass is 433 g/mol. The molecular formula is C25H24FN3OS. The lowest BCUT2D eigenvalue weighted by atomic mass is 10.1. The largest absolute Gasteiger partial charge is 0.284 e. The Balaban J connectivity index is 1.59. The van der Waals surface area contributed by atoms with E-state index in [0.29, 0.717) is 11.7 Å². The number of amides is 1. The summed E-state index contributed by atoms with van der Waals surface area (Å²) >= 11 is 1.47. The summed E-state index contributed by atoms with van der Waals surface area (Å²) in [5.41, 5.74) is 1.83. The number of hydrogen-bond acceptors (Lipinski definition) is 4. The van der Waals surface area contributed by atoms with Crippen molar-refractivity contribution in [3.8, 4) is 0 Å². The first-order valence-electron chi connectivity index (χ1n) is 10.5. The van der Waals surface area contributed by atoms with Crippen LogP contribution >= 0.6 is 11.8 Å². The Bertz CT molecular complexity index is 1120. The normalized spacial score (nSPS) is 18.0. The van der Waals surface area contributed by atoms with E-state index in [1.165, 1.54) is 23.9 Å². The van der Waals surface area contributed by atoms with Crippen LogP contribution in [-0.4, -0.2) is 27.4 Å². The number of rotatable bonds is 7. The summed E-state index contributed by atoms with van der Waals surface area (Å²) in [5, 5.41) is 11.4. The van der Waals surface area contributed by atoms with E-state index >= 15 is 0 Å². The third-order valence-corrected chi connectivity index (χ3v) is 6.49. The first-order chi connectivity index (χ1) is 15.2. The first-order valence-corrected chi connectivity index (χ1v) is 11.3. The van der Waals surface area contributed by atoms with E-state index in [1.807, 2.05) is 24.3 Å². The Morgan fingerprint density at radius 1 is 1.06 bits per heavy atom. The number of amidine groups is 1. The smallest absolute Gasteiger partial charge is 0.242 e. The second-order valence-corrected chi connectivity index (χ2v) is 8.66. The number of halogens is 1. The van der Waals surface area contributed by atoms with Crippen LogP contribution in [0.5, 0.6) is 0 Å². The SMILES string of the molecule is CCCCC1SC(=NN=Cc2cccc3ccccc23)N(Cc2ccc(F)cc2)C1=O. The molecule has 0 bridgehead atoms. The van der Waals surface area contributed by atoms with Gasteiger partial charge in [0, 0.05) is 5.56 Å². The van der Waals surface area contributed by atoms with Crippen LogP contribution in [0.4, 0.5) is 4.39 Å². The predicted molar refractivity (Wildman–Crippen MR) is 127 cm³/mol. The summed E-state index contributed by atoms with van der Waals surface area (Å²) in [6.07, 6.45) is 4.57. The molecule has 3 aromatic rings. The number of unbranched alkanes of at least 4 members (excludes halogenated alkanes) is 1. The van der Waals surface area contributed by atoms with Crippen molar-refractivity contribution in [1.82, 2.24) is 4.90 Å². The molecule has 158 valence electrons. The van der Waals surface area contributed by atoms with Crippen molar-refractivity contribution < 1.29 is 9.18 Å². The van der Waals surface area contributed by atoms with Crippen molar-refractivity contribution in [2.24, 2.45) is 10.2 Å². The fraction of sp³-hybridized carbons (Fsp3) is 0.240. The van der Waals surface area contributed by atoms with Crippen LogP contribution < -0.4 is 0 Å². The number of fused-ring (bicyclic) bond motifs is 1. The number of carbonyl (C=O) groups excluding carboxylic acids is 1. The summed E-state index contributed by atoms with van der Waals surface area (Å²) in [4.78, 5) is 14.7. The van der Waals surface area contributed by atoms with Crippen LogP contribution in [0, 0.1) is 5.82 Å². The molecule has 0 N–H and O–H groups in total. The molecule has 3 aromatic carbocycles. The van der Waals surface area contributed by atoms with Gasteiger partial charge in [0.05, 0.1) is 18.0 Å². The van der Waals surface area contributed by atoms with Gasteiger partial charge in [-0.3, -0.25) is 9.69 Å². The van der Waals surface area contributed by atoms with Crippen LogP contribution in [-0.2, 0) is 11.3 Å². The van der Waals surface area contributed by atoms with Crippen molar-refractivity contribution in [1.29, 1.82) is 0 Å². The Morgan fingerprint density at radius 2 is 1.84 bits per heavy atom. The molecule has 4 nitrogen and oxygen atoms in total. The van der Waals surface area contributed by atoms with Crippen LogP contribution in [0.2, 0.25) is 0 Å². The maximum atomic E-state index is 13.3. The fourth-order valence-corrected chi connectivity index (χ4v) is 4.72. The Morgan fingerprint density at radius 3 is 2.65 bits per heavy atom. The van der Waals surface area contributed by atoms with E-state index in [2.05, 4.69) is 35.3 Å². The maximum absolute atomic E-state index is 13.3. The third-order valence-electron chi connectivity index (χ3n) is 5.26. The van der Waals surface area contributed by atoms with Crippen molar-refractivity contribution in [3.05, 3.63) is 83.7 Å². The topological polar surface area (TPSA) is 45.0 Å². The molecule has 4 rings (SSSR count). The summed E-state index contributed by atoms with van der Waals surface area (Å²) in [5.74, 6) is -0.248. The number of nitrogens with zero attached hydrogens (tertiary/aromatic N) is 3. The standard InChI is InChI=1S/C25H24FN3OS/c1-2-3-11-23-24(30)29(17-18-12-14-21(26)15-13-18)25(31-23)28-27-16-20-9-6-8-19-7-4-5-10-22(19)20/h4-10,12-16,23H,2-3,11,17H2,1H3. The van der Waals surface area contributed by atoms with Gasteiger partial charge in [-0.15, -0.1) is 5.10 Å². The van der Waals surface area contributed by atoms with E-state index in [9.17, 15) is 9.18 Å². The van der Waals surface area contributed by atoms with Gasteiger partial charge in [-0.25, -0.2) is 4.39 Å². The third kappa shape index (κ3) is 5.02. The number of carbonyl (C=O) groups is 1. The maximum Gasteiger partial charge on any atom is 0.242 e. The highest BCUT2D eigenvalue weighted by Gasteiger charge is 2.37. The van der Waals surface area contributed by atoms with Gasteiger partial charge in [-0.05, 0) is 34.9 Å². The van der Waals surface area contributed by atoms with Gasteiger partial charge < -0.3 is 0 Å². The minimum absolute atomic E-state index is 0.0434. The molecule has 1 saturated heterocycles. The lowest BCUT2D eigenvalue weighted by molar-refractivity contribution is -0.126. The molecule has 1 heterocycles. The quantitative estimate of drug-likeness (QED) is 0.339.